The third-order valence-corrected chi connectivity index (χ3v) is 2.60. The van der Waals surface area contributed by atoms with E-state index in [-0.39, 0.29) is 7.43 Å². The largest absolute Gasteiger partial charge is 0.0776 e. The molecule has 70 valence electrons. The monoisotopic (exact) mass is 158 g/mol. The average molecular weight is 158 g/mol. The van der Waals surface area contributed by atoms with Crippen LogP contribution in [0.5, 0.6) is 0 Å². The van der Waals surface area contributed by atoms with Gasteiger partial charge in [-0.25, -0.2) is 0 Å². The number of hydrogen-bond acceptors (Lipinski definition) is 0. The fourth-order valence-corrected chi connectivity index (χ4v) is 1.30. The van der Waals surface area contributed by atoms with E-state index in [1.807, 2.05) is 0 Å². The van der Waals surface area contributed by atoms with Crippen molar-refractivity contribution in [2.24, 2.45) is 16.7 Å². The Bertz CT molecular complexity index is 84.2. The highest BCUT2D eigenvalue weighted by atomic mass is 14.4. The molecule has 0 heteroatoms. The lowest BCUT2D eigenvalue weighted by atomic mass is 9.68. The van der Waals surface area contributed by atoms with Gasteiger partial charge < -0.3 is 0 Å². The van der Waals surface area contributed by atoms with Crippen molar-refractivity contribution in [3.05, 3.63) is 0 Å². The predicted molar refractivity (Wildman–Crippen MR) is 54.8 cm³/mol. The summed E-state index contributed by atoms with van der Waals surface area (Å²) in [4.78, 5) is 0. The van der Waals surface area contributed by atoms with Gasteiger partial charge in [-0.2, -0.15) is 0 Å². The van der Waals surface area contributed by atoms with Crippen LogP contribution >= 0.6 is 0 Å². The minimum Gasteiger partial charge on any atom is -0.0776 e. The van der Waals surface area contributed by atoms with E-state index in [1.54, 1.807) is 0 Å². The molecule has 0 heterocycles. The first-order valence-corrected chi connectivity index (χ1v) is 4.15. The van der Waals surface area contributed by atoms with Gasteiger partial charge in [0.2, 0.25) is 0 Å². The molecule has 0 radical (unpaired) electrons. The first-order chi connectivity index (χ1) is 4.15. The van der Waals surface area contributed by atoms with Crippen molar-refractivity contribution >= 4 is 0 Å². The molecule has 0 aromatic heterocycles. The van der Waals surface area contributed by atoms with E-state index < -0.39 is 0 Å². The molecule has 0 amide bonds. The molecule has 0 aliphatic carbocycles. The molecule has 0 atom stereocenters. The minimum atomic E-state index is 0. The Labute approximate surface area is 73.4 Å². The van der Waals surface area contributed by atoms with E-state index >= 15 is 0 Å². The van der Waals surface area contributed by atoms with Crippen LogP contribution in [-0.2, 0) is 0 Å². The van der Waals surface area contributed by atoms with Gasteiger partial charge in [0.05, 0.1) is 0 Å². The molecular weight excluding hydrogens is 132 g/mol. The molecule has 0 nitrogen and oxygen atoms in total. The summed E-state index contributed by atoms with van der Waals surface area (Å²) < 4.78 is 0. The Morgan fingerprint density at radius 1 is 0.727 bits per heavy atom. The normalized spacial score (nSPS) is 13.1. The molecule has 0 bridgehead atoms. The van der Waals surface area contributed by atoms with Crippen LogP contribution in [0.1, 0.15) is 55.9 Å². The fraction of sp³-hybridized carbons (Fsp3) is 1.00. The Hall–Kier alpha value is 0. The lowest BCUT2D eigenvalue weighted by molar-refractivity contribution is 0.121. The summed E-state index contributed by atoms with van der Waals surface area (Å²) in [6.45, 7) is 16.2. The molecule has 0 fully saturated rings. The van der Waals surface area contributed by atoms with Crippen LogP contribution in [0.3, 0.4) is 0 Å². The van der Waals surface area contributed by atoms with Crippen LogP contribution in [0.15, 0.2) is 0 Å². The van der Waals surface area contributed by atoms with E-state index in [9.17, 15) is 0 Å². The van der Waals surface area contributed by atoms with Crippen molar-refractivity contribution in [1.82, 2.24) is 0 Å². The summed E-state index contributed by atoms with van der Waals surface area (Å²) in [6, 6.07) is 0. The van der Waals surface area contributed by atoms with Gasteiger partial charge in [0.1, 0.15) is 0 Å². The summed E-state index contributed by atoms with van der Waals surface area (Å²) in [7, 11) is 0. The van der Waals surface area contributed by atoms with Gasteiger partial charge >= 0.3 is 0 Å². The molecule has 0 saturated carbocycles. The summed E-state index contributed by atoms with van der Waals surface area (Å²) >= 11 is 0. The zero-order valence-electron chi connectivity index (χ0n) is 8.58. The van der Waals surface area contributed by atoms with Crippen molar-refractivity contribution in [2.75, 3.05) is 0 Å². The zero-order valence-corrected chi connectivity index (χ0v) is 8.58. The third-order valence-electron chi connectivity index (χ3n) is 2.60. The quantitative estimate of drug-likeness (QED) is 0.491. The smallest absolute Gasteiger partial charge is 0.0345 e. The Balaban J connectivity index is 0. The lowest BCUT2D eigenvalue weighted by Crippen LogP contribution is -2.29. The molecular formula is C11H26. The van der Waals surface area contributed by atoms with Crippen molar-refractivity contribution in [3.8, 4) is 0 Å². The van der Waals surface area contributed by atoms with Gasteiger partial charge in [-0.3, -0.25) is 0 Å². The highest BCUT2D eigenvalue weighted by Gasteiger charge is 2.30. The van der Waals surface area contributed by atoms with Gasteiger partial charge in [0, 0.05) is 0 Å². The molecule has 0 unspecified atom stereocenters. The maximum absolute atomic E-state index is 2.33. The highest BCUT2D eigenvalue weighted by Crippen LogP contribution is 2.38. The number of rotatable bonds is 0. The third kappa shape index (κ3) is 4.44. The summed E-state index contributed by atoms with van der Waals surface area (Å²) in [5, 5.41) is 0. The van der Waals surface area contributed by atoms with Crippen LogP contribution in [0.2, 0.25) is 0 Å². The van der Waals surface area contributed by atoms with Crippen LogP contribution in [-0.4, -0.2) is 0 Å². The van der Waals surface area contributed by atoms with Crippen molar-refractivity contribution in [2.45, 2.75) is 55.9 Å². The van der Waals surface area contributed by atoms with Crippen LogP contribution in [0.4, 0.5) is 0 Å². The molecule has 0 aromatic rings. The Kier molecular flexibility index (Phi) is 4.44. The predicted octanol–water partition coefficient (Wildman–Crippen LogP) is 4.35. The van der Waals surface area contributed by atoms with Crippen LogP contribution < -0.4 is 0 Å². The molecule has 0 saturated heterocycles. The zero-order chi connectivity index (χ0) is 8.58. The molecule has 11 heavy (non-hydrogen) atoms. The van der Waals surface area contributed by atoms with Crippen molar-refractivity contribution in [3.63, 3.8) is 0 Å². The maximum atomic E-state index is 2.33. The van der Waals surface area contributed by atoms with Gasteiger partial charge in [0.15, 0.2) is 0 Å². The standard InChI is InChI=1S/C10H22.CH4/c1-8(9(2,3)4)10(5,6)7;/h8H,1-7H3;1H4. The SMILES string of the molecule is C.CC(C(C)(C)C)C(C)(C)C. The summed E-state index contributed by atoms with van der Waals surface area (Å²) in [6.07, 6.45) is 0. The van der Waals surface area contributed by atoms with Crippen LogP contribution in [0.25, 0.3) is 0 Å². The second-order valence-corrected chi connectivity index (χ2v) is 5.45. The second kappa shape index (κ2) is 3.60. The average Bonchev–Trinajstić information content (AvgIpc) is 1.59. The second-order valence-electron chi connectivity index (χ2n) is 5.45. The summed E-state index contributed by atoms with van der Waals surface area (Å²) in [5.74, 6) is 0.764. The topological polar surface area (TPSA) is 0 Å². The van der Waals surface area contributed by atoms with E-state index in [1.165, 1.54) is 0 Å². The molecule has 0 aliphatic heterocycles. The van der Waals surface area contributed by atoms with Crippen molar-refractivity contribution < 1.29 is 0 Å². The van der Waals surface area contributed by atoms with Gasteiger partial charge in [-0.05, 0) is 16.7 Å². The lowest BCUT2D eigenvalue weighted by Gasteiger charge is -2.38. The minimum absolute atomic E-state index is 0. The summed E-state index contributed by atoms with van der Waals surface area (Å²) in [5.41, 5.74) is 0.885. The maximum Gasteiger partial charge on any atom is -0.0345 e. The first kappa shape index (κ1) is 13.6. The number of hydrogen-bond donors (Lipinski definition) is 0. The van der Waals surface area contributed by atoms with E-state index in [0.29, 0.717) is 10.8 Å². The molecule has 0 spiro atoms. The van der Waals surface area contributed by atoms with Gasteiger partial charge in [-0.15, -0.1) is 0 Å². The van der Waals surface area contributed by atoms with E-state index in [4.69, 9.17) is 0 Å². The molecule has 0 rings (SSSR count). The fourth-order valence-electron chi connectivity index (χ4n) is 1.30. The van der Waals surface area contributed by atoms with E-state index in [0.717, 1.165) is 5.92 Å². The molecule has 0 aromatic carbocycles. The molecule has 0 N–H and O–H groups in total. The van der Waals surface area contributed by atoms with Crippen LogP contribution in [0, 0.1) is 16.7 Å². The van der Waals surface area contributed by atoms with Gasteiger partial charge in [0.25, 0.3) is 0 Å². The first-order valence-electron chi connectivity index (χ1n) is 4.15. The van der Waals surface area contributed by atoms with E-state index in [2.05, 4.69) is 48.5 Å². The Morgan fingerprint density at radius 2 is 0.909 bits per heavy atom. The highest BCUT2D eigenvalue weighted by molar-refractivity contribution is 4.79. The Morgan fingerprint density at radius 3 is 0.909 bits per heavy atom. The van der Waals surface area contributed by atoms with Crippen molar-refractivity contribution in [1.29, 1.82) is 0 Å². The van der Waals surface area contributed by atoms with Gasteiger partial charge in [-0.1, -0.05) is 55.9 Å². The molecule has 0 aliphatic rings.